The molecule has 0 spiro atoms. The van der Waals surface area contributed by atoms with E-state index in [0.717, 1.165) is 32.1 Å². The fourth-order valence-corrected chi connectivity index (χ4v) is 4.06. The summed E-state index contributed by atoms with van der Waals surface area (Å²) < 4.78 is 4.94. The Balaban J connectivity index is 1.62. The molecule has 2 N–H and O–H groups in total. The third-order valence-corrected chi connectivity index (χ3v) is 6.48. The first-order chi connectivity index (χ1) is 12.8. The number of hydrogen-bond acceptors (Lipinski definition) is 5. The molecule has 0 atom stereocenters. The molecule has 2 amide bonds. The average molecular weight is 395 g/mol. The second-order valence-corrected chi connectivity index (χ2v) is 8.73. The second-order valence-electron chi connectivity index (χ2n) is 7.78. The van der Waals surface area contributed by atoms with Crippen molar-refractivity contribution in [1.82, 2.24) is 10.6 Å². The van der Waals surface area contributed by atoms with Gasteiger partial charge in [-0.15, -0.1) is 11.3 Å². The molecule has 2 rings (SSSR count). The van der Waals surface area contributed by atoms with Crippen molar-refractivity contribution in [2.45, 2.75) is 58.9 Å². The van der Waals surface area contributed by atoms with Crippen molar-refractivity contribution in [1.29, 1.82) is 0 Å². The molecule has 27 heavy (non-hydrogen) atoms. The molecule has 1 aliphatic rings. The summed E-state index contributed by atoms with van der Waals surface area (Å²) in [6.07, 6.45) is 5.31. The molecular formula is C20H30N2O4S. The number of amides is 2. The molecule has 0 saturated heterocycles. The summed E-state index contributed by atoms with van der Waals surface area (Å²) in [4.78, 5) is 36.0. The Hall–Kier alpha value is -1.89. The van der Waals surface area contributed by atoms with Crippen LogP contribution in [0.3, 0.4) is 0 Å². The van der Waals surface area contributed by atoms with Crippen LogP contribution in [0, 0.1) is 11.3 Å². The molecule has 1 aliphatic carbocycles. The van der Waals surface area contributed by atoms with Gasteiger partial charge in [0.05, 0.1) is 4.88 Å². The van der Waals surface area contributed by atoms with E-state index in [-0.39, 0.29) is 31.0 Å². The zero-order valence-corrected chi connectivity index (χ0v) is 17.2. The lowest BCUT2D eigenvalue weighted by atomic mass is 9.69. The SMILES string of the molecule is CCC(C)(C)C1CCC(NC(=O)COC(=O)CNC(=O)c2cccs2)CC1. The van der Waals surface area contributed by atoms with Crippen LogP contribution in [0.1, 0.15) is 62.5 Å². The molecule has 1 aromatic rings. The van der Waals surface area contributed by atoms with Gasteiger partial charge in [-0.3, -0.25) is 14.4 Å². The molecule has 1 aromatic heterocycles. The highest BCUT2D eigenvalue weighted by molar-refractivity contribution is 7.12. The van der Waals surface area contributed by atoms with Crippen LogP contribution in [0.25, 0.3) is 0 Å². The Bertz CT molecular complexity index is 634. The van der Waals surface area contributed by atoms with E-state index in [0.29, 0.717) is 16.2 Å². The smallest absolute Gasteiger partial charge is 0.325 e. The van der Waals surface area contributed by atoms with Gasteiger partial charge in [0, 0.05) is 6.04 Å². The molecule has 0 bridgehead atoms. The summed E-state index contributed by atoms with van der Waals surface area (Å²) in [5, 5.41) is 7.22. The number of carbonyl (C=O) groups excluding carboxylic acids is 3. The fourth-order valence-electron chi connectivity index (χ4n) is 3.42. The second kappa shape index (κ2) is 9.88. The maximum absolute atomic E-state index is 12.0. The van der Waals surface area contributed by atoms with Crippen molar-refractivity contribution in [2.24, 2.45) is 11.3 Å². The van der Waals surface area contributed by atoms with E-state index < -0.39 is 5.97 Å². The minimum absolute atomic E-state index is 0.152. The lowest BCUT2D eigenvalue weighted by molar-refractivity contribution is -0.147. The first-order valence-corrected chi connectivity index (χ1v) is 10.5. The quantitative estimate of drug-likeness (QED) is 0.664. The van der Waals surface area contributed by atoms with Gasteiger partial charge in [-0.1, -0.05) is 33.3 Å². The fraction of sp³-hybridized carbons (Fsp3) is 0.650. The number of ether oxygens (including phenoxy) is 1. The zero-order chi connectivity index (χ0) is 19.9. The zero-order valence-electron chi connectivity index (χ0n) is 16.4. The predicted octanol–water partition coefficient (Wildman–Crippen LogP) is 3.13. The van der Waals surface area contributed by atoms with Crippen molar-refractivity contribution >= 4 is 29.1 Å². The summed E-state index contributed by atoms with van der Waals surface area (Å²) in [7, 11) is 0. The van der Waals surface area contributed by atoms with Crippen molar-refractivity contribution < 1.29 is 19.1 Å². The molecule has 0 aromatic carbocycles. The van der Waals surface area contributed by atoms with Crippen molar-refractivity contribution in [3.63, 3.8) is 0 Å². The van der Waals surface area contributed by atoms with E-state index in [2.05, 4.69) is 31.4 Å². The van der Waals surface area contributed by atoms with Crippen LogP contribution >= 0.6 is 11.3 Å². The minimum atomic E-state index is -0.622. The van der Waals surface area contributed by atoms with Crippen LogP contribution in [-0.4, -0.2) is 37.0 Å². The predicted molar refractivity (Wildman–Crippen MR) is 106 cm³/mol. The average Bonchev–Trinajstić information content (AvgIpc) is 3.19. The van der Waals surface area contributed by atoms with Crippen LogP contribution in [0.2, 0.25) is 0 Å². The summed E-state index contributed by atoms with van der Waals surface area (Å²) >= 11 is 1.29. The topological polar surface area (TPSA) is 84.5 Å². The summed E-state index contributed by atoms with van der Waals surface area (Å²) in [5.74, 6) is -0.534. The summed E-state index contributed by atoms with van der Waals surface area (Å²) in [5.41, 5.74) is 0.345. The molecule has 7 heteroatoms. The molecule has 0 radical (unpaired) electrons. The van der Waals surface area contributed by atoms with E-state index in [1.54, 1.807) is 17.5 Å². The van der Waals surface area contributed by atoms with Gasteiger partial charge >= 0.3 is 5.97 Å². The van der Waals surface area contributed by atoms with Crippen LogP contribution in [0.5, 0.6) is 0 Å². The Morgan fingerprint density at radius 3 is 2.52 bits per heavy atom. The Kier molecular flexibility index (Phi) is 7.83. The molecule has 6 nitrogen and oxygen atoms in total. The summed E-state index contributed by atoms with van der Waals surface area (Å²) in [6.45, 7) is 6.29. The molecule has 1 saturated carbocycles. The molecule has 0 aliphatic heterocycles. The van der Waals surface area contributed by atoms with E-state index in [9.17, 15) is 14.4 Å². The molecule has 150 valence electrons. The first-order valence-electron chi connectivity index (χ1n) is 9.58. The van der Waals surface area contributed by atoms with E-state index in [1.807, 2.05) is 0 Å². The van der Waals surface area contributed by atoms with Gasteiger partial charge < -0.3 is 15.4 Å². The van der Waals surface area contributed by atoms with E-state index in [1.165, 1.54) is 11.3 Å². The number of carbonyl (C=O) groups is 3. The van der Waals surface area contributed by atoms with Crippen LogP contribution in [0.15, 0.2) is 17.5 Å². The molecule has 1 heterocycles. The largest absolute Gasteiger partial charge is 0.454 e. The van der Waals surface area contributed by atoms with Gasteiger partial charge in [0.2, 0.25) is 0 Å². The van der Waals surface area contributed by atoms with Gasteiger partial charge in [0.25, 0.3) is 11.8 Å². The highest BCUT2D eigenvalue weighted by atomic mass is 32.1. The van der Waals surface area contributed by atoms with Crippen molar-refractivity contribution in [3.8, 4) is 0 Å². The minimum Gasteiger partial charge on any atom is -0.454 e. The summed E-state index contributed by atoms with van der Waals surface area (Å²) in [6, 6.07) is 3.59. The number of hydrogen-bond donors (Lipinski definition) is 2. The van der Waals surface area contributed by atoms with Crippen molar-refractivity contribution in [2.75, 3.05) is 13.2 Å². The third-order valence-electron chi connectivity index (χ3n) is 5.61. The van der Waals surface area contributed by atoms with Gasteiger partial charge in [0.1, 0.15) is 6.54 Å². The standard InChI is InChI=1S/C20H30N2O4S/c1-4-20(2,3)14-7-9-15(10-8-14)22-17(23)13-26-18(24)12-21-19(25)16-6-5-11-27-16/h5-6,11,14-15H,4,7-10,12-13H2,1-3H3,(H,21,25)(H,22,23). The normalized spacial score (nSPS) is 20.0. The third kappa shape index (κ3) is 6.65. The number of nitrogens with one attached hydrogen (secondary N) is 2. The van der Waals surface area contributed by atoms with Gasteiger partial charge in [-0.2, -0.15) is 0 Å². The molecule has 0 unspecified atom stereocenters. The van der Waals surface area contributed by atoms with E-state index in [4.69, 9.17) is 4.74 Å². The van der Waals surface area contributed by atoms with Crippen LogP contribution < -0.4 is 10.6 Å². The first kappa shape index (κ1) is 21.4. The number of rotatable bonds is 8. The van der Waals surface area contributed by atoms with Gasteiger partial charge in [-0.05, 0) is 48.5 Å². The monoisotopic (exact) mass is 394 g/mol. The highest BCUT2D eigenvalue weighted by Gasteiger charge is 2.32. The Labute approximate surface area is 165 Å². The maximum Gasteiger partial charge on any atom is 0.325 e. The van der Waals surface area contributed by atoms with Crippen LogP contribution in [0.4, 0.5) is 0 Å². The van der Waals surface area contributed by atoms with E-state index >= 15 is 0 Å². The molecular weight excluding hydrogens is 364 g/mol. The Morgan fingerprint density at radius 2 is 1.93 bits per heavy atom. The Morgan fingerprint density at radius 1 is 1.22 bits per heavy atom. The van der Waals surface area contributed by atoms with Crippen LogP contribution in [-0.2, 0) is 14.3 Å². The van der Waals surface area contributed by atoms with Gasteiger partial charge in [-0.25, -0.2) is 0 Å². The maximum atomic E-state index is 12.0. The number of thiophene rings is 1. The molecule has 1 fully saturated rings. The van der Waals surface area contributed by atoms with Gasteiger partial charge in [0.15, 0.2) is 6.61 Å². The lowest BCUT2D eigenvalue weighted by Gasteiger charge is -2.39. The lowest BCUT2D eigenvalue weighted by Crippen LogP contribution is -2.42. The highest BCUT2D eigenvalue weighted by Crippen LogP contribution is 2.40. The number of esters is 1. The van der Waals surface area contributed by atoms with Crippen molar-refractivity contribution in [3.05, 3.63) is 22.4 Å².